The second-order valence-corrected chi connectivity index (χ2v) is 6.61. The molecule has 3 heterocycles. The predicted octanol–water partition coefficient (Wildman–Crippen LogP) is 2.34. The second kappa shape index (κ2) is 6.79. The molecule has 1 aromatic carbocycles. The predicted molar refractivity (Wildman–Crippen MR) is 89.5 cm³/mol. The van der Waals surface area contributed by atoms with Crippen LogP contribution in [0.5, 0.6) is 0 Å². The fourth-order valence-electron chi connectivity index (χ4n) is 3.87. The first-order chi connectivity index (χ1) is 11.8. The summed E-state index contributed by atoms with van der Waals surface area (Å²) in [7, 11) is 0. The van der Waals surface area contributed by atoms with Crippen molar-refractivity contribution in [1.29, 1.82) is 0 Å². The normalized spacial score (nSPS) is 26.9. The van der Waals surface area contributed by atoms with E-state index in [9.17, 15) is 4.79 Å². The van der Waals surface area contributed by atoms with Crippen LogP contribution in [0.25, 0.3) is 0 Å². The maximum Gasteiger partial charge on any atom is 0.203 e. The minimum absolute atomic E-state index is 0.00155. The Bertz CT molecular complexity index is 678. The lowest BCUT2D eigenvalue weighted by molar-refractivity contribution is -0.0873. The first-order valence-electron chi connectivity index (χ1n) is 8.50. The number of morpholine rings is 1. The van der Waals surface area contributed by atoms with Crippen LogP contribution in [0.15, 0.2) is 48.8 Å². The van der Waals surface area contributed by atoms with Crippen molar-refractivity contribution in [1.82, 2.24) is 14.9 Å². The van der Waals surface area contributed by atoms with Crippen LogP contribution in [0.2, 0.25) is 0 Å². The number of benzene rings is 1. The average molecular weight is 323 g/mol. The molecule has 2 atom stereocenters. The summed E-state index contributed by atoms with van der Waals surface area (Å²) in [5.74, 6) is 0.420. The molecule has 0 saturated carbocycles. The Hall–Kier alpha value is -2.11. The molecule has 2 aliphatic heterocycles. The quantitative estimate of drug-likeness (QED) is 0.808. The number of rotatable bonds is 4. The van der Waals surface area contributed by atoms with E-state index in [-0.39, 0.29) is 23.8 Å². The summed E-state index contributed by atoms with van der Waals surface area (Å²) in [6.45, 7) is 2.31. The van der Waals surface area contributed by atoms with E-state index in [0.29, 0.717) is 19.0 Å². The summed E-state index contributed by atoms with van der Waals surface area (Å²) < 4.78 is 5.75. The Balaban J connectivity index is 1.49. The zero-order chi connectivity index (χ0) is 16.4. The number of hydrogen-bond donors (Lipinski definition) is 0. The first kappa shape index (κ1) is 15.4. The van der Waals surface area contributed by atoms with E-state index < -0.39 is 0 Å². The van der Waals surface area contributed by atoms with Gasteiger partial charge in [0.1, 0.15) is 0 Å². The number of Topliss-reactive ketones (excluding diaryl/α,β-unsaturated/α-hetero) is 1. The monoisotopic (exact) mass is 323 g/mol. The zero-order valence-corrected chi connectivity index (χ0v) is 13.5. The zero-order valence-electron chi connectivity index (χ0n) is 13.5. The van der Waals surface area contributed by atoms with Gasteiger partial charge in [-0.05, 0) is 24.5 Å². The summed E-state index contributed by atoms with van der Waals surface area (Å²) >= 11 is 0. The van der Waals surface area contributed by atoms with Crippen molar-refractivity contribution >= 4 is 5.78 Å². The molecule has 0 amide bonds. The highest BCUT2D eigenvalue weighted by atomic mass is 16.5. The smallest absolute Gasteiger partial charge is 0.203 e. The third-order valence-corrected chi connectivity index (χ3v) is 5.04. The Morgan fingerprint density at radius 1 is 1.04 bits per heavy atom. The van der Waals surface area contributed by atoms with Gasteiger partial charge in [0.2, 0.25) is 5.78 Å². The van der Waals surface area contributed by atoms with E-state index in [1.807, 2.05) is 6.07 Å². The lowest BCUT2D eigenvalue weighted by Gasteiger charge is -2.48. The van der Waals surface area contributed by atoms with Gasteiger partial charge >= 0.3 is 0 Å². The second-order valence-electron chi connectivity index (χ2n) is 6.61. The molecule has 2 fully saturated rings. The van der Waals surface area contributed by atoms with Crippen LogP contribution in [0.1, 0.15) is 29.0 Å². The molecule has 2 aromatic rings. The minimum Gasteiger partial charge on any atom is -0.378 e. The van der Waals surface area contributed by atoms with Crippen molar-refractivity contribution < 1.29 is 9.53 Å². The third-order valence-electron chi connectivity index (χ3n) is 5.04. The number of carbonyl (C=O) groups is 1. The van der Waals surface area contributed by atoms with E-state index in [1.54, 1.807) is 18.5 Å². The number of ketones is 1. The number of carbonyl (C=O) groups excluding carboxylic acids is 1. The van der Waals surface area contributed by atoms with Crippen LogP contribution in [0.3, 0.4) is 0 Å². The molecule has 0 radical (unpaired) electrons. The van der Waals surface area contributed by atoms with Crippen molar-refractivity contribution in [3.63, 3.8) is 0 Å². The van der Waals surface area contributed by atoms with Crippen LogP contribution >= 0.6 is 0 Å². The highest BCUT2D eigenvalue weighted by Crippen LogP contribution is 2.34. The summed E-state index contributed by atoms with van der Waals surface area (Å²) in [4.78, 5) is 23.5. The highest BCUT2D eigenvalue weighted by Gasteiger charge is 2.41. The summed E-state index contributed by atoms with van der Waals surface area (Å²) in [6, 6.07) is 12.8. The number of fused-ring (bicyclic) bond motifs is 2. The van der Waals surface area contributed by atoms with E-state index >= 15 is 0 Å². The Labute approximate surface area is 141 Å². The molecule has 0 spiro atoms. The molecule has 4 rings (SSSR count). The molecular formula is C19H21N3O2. The van der Waals surface area contributed by atoms with Gasteiger partial charge in [0.25, 0.3) is 0 Å². The molecule has 0 aliphatic carbocycles. The van der Waals surface area contributed by atoms with Crippen LogP contribution in [0, 0.1) is 5.92 Å². The highest BCUT2D eigenvalue weighted by molar-refractivity contribution is 5.94. The fraction of sp³-hybridized carbons (Fsp3) is 0.421. The van der Waals surface area contributed by atoms with Gasteiger partial charge in [0.05, 0.1) is 13.2 Å². The van der Waals surface area contributed by atoms with Crippen LogP contribution in [-0.4, -0.2) is 45.9 Å². The number of nitrogens with zero attached hydrogens (tertiary/aromatic N) is 3. The van der Waals surface area contributed by atoms with Crippen molar-refractivity contribution in [2.24, 2.45) is 5.92 Å². The molecule has 2 unspecified atom stereocenters. The Morgan fingerprint density at radius 2 is 1.71 bits per heavy atom. The van der Waals surface area contributed by atoms with Crippen molar-refractivity contribution in [3.05, 3.63) is 60.2 Å². The largest absolute Gasteiger partial charge is 0.378 e. The average Bonchev–Trinajstić information content (AvgIpc) is 2.62. The summed E-state index contributed by atoms with van der Waals surface area (Å²) in [5.41, 5.74) is 1.31. The minimum atomic E-state index is -0.00155. The van der Waals surface area contributed by atoms with Crippen molar-refractivity contribution in [2.75, 3.05) is 13.2 Å². The SMILES string of the molecule is O=C(c1ncccn1)C1CC2COCC(C1)N2Cc1ccccc1. The fourth-order valence-corrected chi connectivity index (χ4v) is 3.87. The Kier molecular flexibility index (Phi) is 4.36. The third kappa shape index (κ3) is 3.09. The topological polar surface area (TPSA) is 55.3 Å². The number of piperidine rings is 1. The number of aromatic nitrogens is 2. The van der Waals surface area contributed by atoms with Crippen LogP contribution in [0.4, 0.5) is 0 Å². The Morgan fingerprint density at radius 3 is 2.38 bits per heavy atom. The van der Waals surface area contributed by atoms with Gasteiger partial charge in [-0.2, -0.15) is 0 Å². The van der Waals surface area contributed by atoms with Crippen molar-refractivity contribution in [3.8, 4) is 0 Å². The maximum atomic E-state index is 12.7. The van der Waals surface area contributed by atoms with Crippen molar-refractivity contribution in [2.45, 2.75) is 31.5 Å². The number of ether oxygens (including phenoxy) is 1. The van der Waals surface area contributed by atoms with Gasteiger partial charge in [-0.15, -0.1) is 0 Å². The van der Waals surface area contributed by atoms with Crippen LogP contribution in [-0.2, 0) is 11.3 Å². The van der Waals surface area contributed by atoms with Gasteiger partial charge in [-0.25, -0.2) is 9.97 Å². The number of hydrogen-bond acceptors (Lipinski definition) is 5. The molecule has 2 bridgehead atoms. The van der Waals surface area contributed by atoms with Gasteiger partial charge < -0.3 is 4.74 Å². The van der Waals surface area contributed by atoms with Gasteiger partial charge in [-0.1, -0.05) is 30.3 Å². The molecule has 0 N–H and O–H groups in total. The molecule has 2 aliphatic rings. The van der Waals surface area contributed by atoms with E-state index in [0.717, 1.165) is 19.4 Å². The molecule has 2 saturated heterocycles. The van der Waals surface area contributed by atoms with Gasteiger partial charge in [-0.3, -0.25) is 9.69 Å². The summed E-state index contributed by atoms with van der Waals surface area (Å²) in [5, 5.41) is 0. The standard InChI is InChI=1S/C19H21N3O2/c23-18(19-20-7-4-8-21-19)15-9-16-12-24-13-17(10-15)22(16)11-14-5-2-1-3-6-14/h1-8,15-17H,9-13H2. The first-order valence-corrected chi connectivity index (χ1v) is 8.50. The lowest BCUT2D eigenvalue weighted by atomic mass is 9.82. The summed E-state index contributed by atoms with van der Waals surface area (Å²) in [6.07, 6.45) is 4.91. The van der Waals surface area contributed by atoms with Gasteiger partial charge in [0.15, 0.2) is 5.82 Å². The van der Waals surface area contributed by atoms with E-state index in [1.165, 1.54) is 5.56 Å². The molecular weight excluding hydrogens is 302 g/mol. The molecule has 5 nitrogen and oxygen atoms in total. The molecule has 5 heteroatoms. The van der Waals surface area contributed by atoms with Crippen LogP contribution < -0.4 is 0 Å². The van der Waals surface area contributed by atoms with E-state index in [2.05, 4.69) is 39.1 Å². The lowest BCUT2D eigenvalue weighted by Crippen LogP contribution is -2.57. The molecule has 1 aromatic heterocycles. The molecule has 24 heavy (non-hydrogen) atoms. The van der Waals surface area contributed by atoms with Gasteiger partial charge in [0, 0.05) is 36.9 Å². The maximum absolute atomic E-state index is 12.7. The van der Waals surface area contributed by atoms with E-state index in [4.69, 9.17) is 4.74 Å². The molecule has 124 valence electrons.